The standard InChI is InChI=1S/C16H25NO2/c1-5-12-6-8-13(9-7-12)15(19)17-11-10-14(18)16(2,3)4/h6-9,14,18H,5,10-11H2,1-4H3,(H,17,19)/t14-/m1/s1. The SMILES string of the molecule is CCc1ccc(C(=O)NCC[C@@H](O)C(C)(C)C)cc1. The lowest BCUT2D eigenvalue weighted by Crippen LogP contribution is -2.32. The van der Waals surface area contributed by atoms with Gasteiger partial charge in [0.2, 0.25) is 0 Å². The zero-order chi connectivity index (χ0) is 14.5. The molecule has 1 aromatic rings. The summed E-state index contributed by atoms with van der Waals surface area (Å²) in [6.07, 6.45) is 1.14. The lowest BCUT2D eigenvalue weighted by molar-refractivity contribution is 0.0551. The second-order valence-electron chi connectivity index (χ2n) is 5.98. The van der Waals surface area contributed by atoms with Crippen molar-refractivity contribution in [3.05, 3.63) is 35.4 Å². The third kappa shape index (κ3) is 5.03. The van der Waals surface area contributed by atoms with Crippen LogP contribution in [0, 0.1) is 5.41 Å². The molecule has 19 heavy (non-hydrogen) atoms. The third-order valence-electron chi connectivity index (χ3n) is 3.33. The highest BCUT2D eigenvalue weighted by molar-refractivity contribution is 5.94. The molecule has 0 aromatic heterocycles. The Kier molecular flexibility index (Phi) is 5.55. The molecule has 1 amide bonds. The van der Waals surface area contributed by atoms with Crippen LogP contribution in [-0.4, -0.2) is 23.7 Å². The minimum Gasteiger partial charge on any atom is -0.393 e. The number of aliphatic hydroxyl groups is 1. The number of carbonyl (C=O) groups excluding carboxylic acids is 1. The van der Waals surface area contributed by atoms with E-state index in [9.17, 15) is 9.90 Å². The van der Waals surface area contributed by atoms with E-state index in [2.05, 4.69) is 12.2 Å². The van der Waals surface area contributed by atoms with Crippen molar-refractivity contribution in [2.24, 2.45) is 5.41 Å². The van der Waals surface area contributed by atoms with Crippen LogP contribution in [0.4, 0.5) is 0 Å². The van der Waals surface area contributed by atoms with Gasteiger partial charge in [-0.25, -0.2) is 0 Å². The molecule has 2 N–H and O–H groups in total. The highest BCUT2D eigenvalue weighted by Crippen LogP contribution is 2.20. The lowest BCUT2D eigenvalue weighted by atomic mass is 9.87. The van der Waals surface area contributed by atoms with Gasteiger partial charge < -0.3 is 10.4 Å². The molecule has 0 radical (unpaired) electrons. The molecule has 3 nitrogen and oxygen atoms in total. The fourth-order valence-electron chi connectivity index (χ4n) is 1.75. The van der Waals surface area contributed by atoms with E-state index in [0.717, 1.165) is 6.42 Å². The maximum atomic E-state index is 11.9. The van der Waals surface area contributed by atoms with E-state index in [0.29, 0.717) is 18.5 Å². The Morgan fingerprint density at radius 1 is 1.26 bits per heavy atom. The van der Waals surface area contributed by atoms with Crippen LogP contribution in [0.1, 0.15) is 50.0 Å². The van der Waals surface area contributed by atoms with Crippen LogP contribution in [0.5, 0.6) is 0 Å². The Morgan fingerprint density at radius 2 is 1.84 bits per heavy atom. The molecule has 0 aliphatic carbocycles. The summed E-state index contributed by atoms with van der Waals surface area (Å²) in [4.78, 5) is 11.9. The molecule has 0 bridgehead atoms. The number of nitrogens with one attached hydrogen (secondary N) is 1. The van der Waals surface area contributed by atoms with E-state index >= 15 is 0 Å². The molecule has 0 aliphatic rings. The minimum atomic E-state index is -0.407. The molecule has 1 rings (SSSR count). The molecule has 1 atom stereocenters. The van der Waals surface area contributed by atoms with Crippen molar-refractivity contribution in [2.45, 2.75) is 46.6 Å². The van der Waals surface area contributed by atoms with Crippen LogP contribution < -0.4 is 5.32 Å². The molecule has 0 spiro atoms. The average molecular weight is 263 g/mol. The predicted molar refractivity (Wildman–Crippen MR) is 78.2 cm³/mol. The van der Waals surface area contributed by atoms with E-state index < -0.39 is 6.10 Å². The highest BCUT2D eigenvalue weighted by atomic mass is 16.3. The Morgan fingerprint density at radius 3 is 2.32 bits per heavy atom. The summed E-state index contributed by atoms with van der Waals surface area (Å²) < 4.78 is 0. The van der Waals surface area contributed by atoms with E-state index in [-0.39, 0.29) is 11.3 Å². The second kappa shape index (κ2) is 6.71. The average Bonchev–Trinajstić information content (AvgIpc) is 2.37. The number of aliphatic hydroxyl groups excluding tert-OH is 1. The Bertz CT molecular complexity index is 404. The zero-order valence-electron chi connectivity index (χ0n) is 12.4. The number of rotatable bonds is 5. The topological polar surface area (TPSA) is 49.3 Å². The van der Waals surface area contributed by atoms with Crippen LogP contribution in [0.3, 0.4) is 0 Å². The fraction of sp³-hybridized carbons (Fsp3) is 0.562. The van der Waals surface area contributed by atoms with Gasteiger partial charge in [0.15, 0.2) is 0 Å². The number of aryl methyl sites for hydroxylation is 1. The first kappa shape index (κ1) is 15.7. The Labute approximate surface area is 116 Å². The van der Waals surface area contributed by atoms with Gasteiger partial charge in [0.1, 0.15) is 0 Å². The van der Waals surface area contributed by atoms with Crippen LogP contribution in [0.15, 0.2) is 24.3 Å². The van der Waals surface area contributed by atoms with Gasteiger partial charge in [-0.1, -0.05) is 39.8 Å². The summed E-state index contributed by atoms with van der Waals surface area (Å²) in [6.45, 7) is 8.55. The molecular formula is C16H25NO2. The number of carbonyl (C=O) groups is 1. The van der Waals surface area contributed by atoms with Crippen LogP contribution >= 0.6 is 0 Å². The van der Waals surface area contributed by atoms with Crippen LogP contribution in [-0.2, 0) is 6.42 Å². The summed E-state index contributed by atoms with van der Waals surface area (Å²) in [5, 5.41) is 12.7. The summed E-state index contributed by atoms with van der Waals surface area (Å²) in [7, 11) is 0. The molecule has 0 saturated carbocycles. The molecule has 0 unspecified atom stereocenters. The molecule has 3 heteroatoms. The molecule has 106 valence electrons. The summed E-state index contributed by atoms with van der Waals surface area (Å²) in [6, 6.07) is 7.63. The van der Waals surface area contributed by atoms with Crippen molar-refractivity contribution in [1.82, 2.24) is 5.32 Å². The Hall–Kier alpha value is -1.35. The van der Waals surface area contributed by atoms with Gasteiger partial charge in [0.05, 0.1) is 6.10 Å². The molecular weight excluding hydrogens is 238 g/mol. The molecule has 0 saturated heterocycles. The molecule has 0 heterocycles. The monoisotopic (exact) mass is 263 g/mol. The van der Waals surface area contributed by atoms with Crippen molar-refractivity contribution in [1.29, 1.82) is 0 Å². The van der Waals surface area contributed by atoms with Crippen molar-refractivity contribution in [3.8, 4) is 0 Å². The highest BCUT2D eigenvalue weighted by Gasteiger charge is 2.21. The van der Waals surface area contributed by atoms with Crippen molar-refractivity contribution in [3.63, 3.8) is 0 Å². The molecule has 0 fully saturated rings. The summed E-state index contributed by atoms with van der Waals surface area (Å²) >= 11 is 0. The predicted octanol–water partition coefficient (Wildman–Crippen LogP) is 2.78. The maximum absolute atomic E-state index is 11.9. The summed E-state index contributed by atoms with van der Waals surface area (Å²) in [5.74, 6) is -0.0798. The Balaban J connectivity index is 2.43. The van der Waals surface area contributed by atoms with E-state index in [1.807, 2.05) is 45.0 Å². The van der Waals surface area contributed by atoms with Crippen LogP contribution in [0.2, 0.25) is 0 Å². The minimum absolute atomic E-state index is 0.0798. The molecule has 0 aliphatic heterocycles. The zero-order valence-corrected chi connectivity index (χ0v) is 12.4. The van der Waals surface area contributed by atoms with Gasteiger partial charge in [-0.3, -0.25) is 4.79 Å². The van der Waals surface area contributed by atoms with Gasteiger partial charge in [-0.15, -0.1) is 0 Å². The van der Waals surface area contributed by atoms with Gasteiger partial charge in [-0.2, -0.15) is 0 Å². The van der Waals surface area contributed by atoms with Crippen molar-refractivity contribution < 1.29 is 9.90 Å². The first-order valence-corrected chi connectivity index (χ1v) is 6.89. The van der Waals surface area contributed by atoms with E-state index in [1.165, 1.54) is 5.56 Å². The smallest absolute Gasteiger partial charge is 0.251 e. The number of benzene rings is 1. The third-order valence-corrected chi connectivity index (χ3v) is 3.33. The van der Waals surface area contributed by atoms with E-state index in [4.69, 9.17) is 0 Å². The first-order valence-electron chi connectivity index (χ1n) is 6.89. The van der Waals surface area contributed by atoms with Crippen LogP contribution in [0.25, 0.3) is 0 Å². The normalized spacial score (nSPS) is 13.1. The van der Waals surface area contributed by atoms with Gasteiger partial charge >= 0.3 is 0 Å². The van der Waals surface area contributed by atoms with Crippen molar-refractivity contribution in [2.75, 3.05) is 6.54 Å². The molecule has 1 aromatic carbocycles. The van der Waals surface area contributed by atoms with Gasteiger partial charge in [0, 0.05) is 12.1 Å². The van der Waals surface area contributed by atoms with Gasteiger partial charge in [0.25, 0.3) is 5.91 Å². The largest absolute Gasteiger partial charge is 0.393 e. The lowest BCUT2D eigenvalue weighted by Gasteiger charge is -2.25. The van der Waals surface area contributed by atoms with E-state index in [1.54, 1.807) is 0 Å². The number of hydrogen-bond acceptors (Lipinski definition) is 2. The quantitative estimate of drug-likeness (QED) is 0.858. The number of amides is 1. The fourth-order valence-corrected chi connectivity index (χ4v) is 1.75. The van der Waals surface area contributed by atoms with Gasteiger partial charge in [-0.05, 0) is 36.0 Å². The van der Waals surface area contributed by atoms with Crippen molar-refractivity contribution >= 4 is 5.91 Å². The second-order valence-corrected chi connectivity index (χ2v) is 5.98. The summed E-state index contributed by atoms with van der Waals surface area (Å²) in [5.41, 5.74) is 1.75. The maximum Gasteiger partial charge on any atom is 0.251 e. The number of hydrogen-bond donors (Lipinski definition) is 2. The first-order chi connectivity index (χ1) is 8.84.